The molecule has 1 N–H and O–H groups in total. The number of fused-ring (bicyclic) bond motifs is 1. The molecule has 3 rings (SSSR count). The maximum absolute atomic E-state index is 13.4. The Balaban J connectivity index is 2.36. The largest absolute Gasteiger partial charge is 0.507 e. The molecule has 0 saturated carbocycles. The van der Waals surface area contributed by atoms with E-state index in [4.69, 9.17) is 13.9 Å². The van der Waals surface area contributed by atoms with E-state index in [2.05, 4.69) is 0 Å². The number of rotatable bonds is 8. The minimum atomic E-state index is -0.995. The van der Waals surface area contributed by atoms with Crippen molar-refractivity contribution >= 4 is 11.5 Å². The van der Waals surface area contributed by atoms with Gasteiger partial charge in [0.2, 0.25) is 0 Å². The van der Waals surface area contributed by atoms with Crippen LogP contribution in [0.5, 0.6) is 11.5 Å². The minimum Gasteiger partial charge on any atom is -0.507 e. The van der Waals surface area contributed by atoms with Crippen molar-refractivity contribution in [2.45, 2.75) is 59.3 Å². The monoisotopic (exact) mass is 426 g/mol. The summed E-state index contributed by atoms with van der Waals surface area (Å²) in [5, 5.41) is 10.8. The molecule has 0 saturated heterocycles. The van der Waals surface area contributed by atoms with Crippen LogP contribution in [0.4, 0.5) is 0 Å². The molecule has 0 unspecified atom stereocenters. The van der Waals surface area contributed by atoms with Crippen molar-refractivity contribution in [2.75, 3.05) is 13.2 Å². The van der Waals surface area contributed by atoms with Crippen LogP contribution in [-0.2, 0) is 10.2 Å². The zero-order chi connectivity index (χ0) is 22.8. The second-order valence-electron chi connectivity index (χ2n) is 7.48. The van der Waals surface area contributed by atoms with Crippen LogP contribution in [0.15, 0.2) is 39.1 Å². The summed E-state index contributed by atoms with van der Waals surface area (Å²) < 4.78 is 17.8. The lowest BCUT2D eigenvalue weighted by Crippen LogP contribution is -2.41. The number of carbonyl (C=O) groups excluding carboxylic acids is 1. The van der Waals surface area contributed by atoms with Crippen molar-refractivity contribution in [3.05, 3.63) is 51.4 Å². The van der Waals surface area contributed by atoms with Crippen LogP contribution in [-0.4, -0.2) is 24.1 Å². The van der Waals surface area contributed by atoms with Crippen LogP contribution in [0.1, 0.15) is 65.2 Å². The molecule has 0 fully saturated rings. The zero-order valence-corrected chi connectivity index (χ0v) is 18.8. The number of ether oxygens (including phenoxy) is 2. The predicted molar refractivity (Wildman–Crippen MR) is 120 cm³/mol. The first-order valence-electron chi connectivity index (χ1n) is 10.9. The van der Waals surface area contributed by atoms with Crippen LogP contribution in [0, 0.1) is 0 Å². The maximum atomic E-state index is 13.4. The highest BCUT2D eigenvalue weighted by molar-refractivity contribution is 6.10. The highest BCUT2D eigenvalue weighted by atomic mass is 16.5. The molecule has 0 radical (unpaired) electrons. The van der Waals surface area contributed by atoms with E-state index in [-0.39, 0.29) is 39.6 Å². The number of aliphatic hydroxyl groups excluding tert-OH is 1. The van der Waals surface area contributed by atoms with E-state index in [0.717, 1.165) is 0 Å². The van der Waals surface area contributed by atoms with Crippen LogP contribution in [0.3, 0.4) is 0 Å². The van der Waals surface area contributed by atoms with Crippen molar-refractivity contribution in [1.82, 2.24) is 0 Å². The van der Waals surface area contributed by atoms with Gasteiger partial charge in [0.05, 0.1) is 24.2 Å². The molecule has 1 heterocycles. The van der Waals surface area contributed by atoms with E-state index >= 15 is 0 Å². The molecule has 31 heavy (non-hydrogen) atoms. The van der Waals surface area contributed by atoms with Crippen LogP contribution in [0.2, 0.25) is 0 Å². The van der Waals surface area contributed by atoms with Crippen molar-refractivity contribution < 1.29 is 23.8 Å². The molecule has 0 spiro atoms. The molecular weight excluding hydrogens is 396 g/mol. The quantitative estimate of drug-likeness (QED) is 0.606. The van der Waals surface area contributed by atoms with Gasteiger partial charge in [0.1, 0.15) is 22.8 Å². The summed E-state index contributed by atoms with van der Waals surface area (Å²) in [7, 11) is 0. The molecule has 0 atom stereocenters. The molecule has 1 aromatic heterocycles. The number of allylic oxidation sites excluding steroid dienone is 1. The lowest BCUT2D eigenvalue weighted by molar-refractivity contribution is -0.122. The van der Waals surface area contributed by atoms with Crippen molar-refractivity contribution in [2.24, 2.45) is 0 Å². The number of benzene rings is 1. The second kappa shape index (κ2) is 9.00. The van der Waals surface area contributed by atoms with E-state index < -0.39 is 5.41 Å². The standard InChI is InChI=1S/C25H30O6/c1-6-15-21(27)20-17(26)14-19(31-24(20)25(7-2,8-3)23(15)28)16-12-11-13-18(29-9-4)22(16)30-10-5/h11-14,27H,6-10H2,1-5H3. The fourth-order valence-corrected chi connectivity index (χ4v) is 4.33. The summed E-state index contributed by atoms with van der Waals surface area (Å²) in [5.41, 5.74) is -0.452. The Kier molecular flexibility index (Phi) is 6.58. The Morgan fingerprint density at radius 3 is 2.26 bits per heavy atom. The summed E-state index contributed by atoms with van der Waals surface area (Å²) >= 11 is 0. The average molecular weight is 427 g/mol. The third-order valence-corrected chi connectivity index (χ3v) is 6.01. The molecule has 1 aromatic carbocycles. The molecule has 6 heteroatoms. The first kappa shape index (κ1) is 22.7. The first-order chi connectivity index (χ1) is 14.9. The van der Waals surface area contributed by atoms with Crippen LogP contribution in [0.25, 0.3) is 17.1 Å². The van der Waals surface area contributed by atoms with E-state index in [1.807, 2.05) is 27.7 Å². The zero-order valence-electron chi connectivity index (χ0n) is 18.8. The van der Waals surface area contributed by atoms with Gasteiger partial charge in [0.25, 0.3) is 0 Å². The topological polar surface area (TPSA) is 86.0 Å². The second-order valence-corrected chi connectivity index (χ2v) is 7.48. The number of aliphatic hydroxyl groups is 1. The van der Waals surface area contributed by atoms with Crippen LogP contribution >= 0.6 is 0 Å². The number of hydrogen-bond acceptors (Lipinski definition) is 6. The highest BCUT2D eigenvalue weighted by Crippen LogP contribution is 2.46. The van der Waals surface area contributed by atoms with Gasteiger partial charge in [-0.05, 0) is 45.2 Å². The van der Waals surface area contributed by atoms with Crippen LogP contribution < -0.4 is 14.9 Å². The Morgan fingerprint density at radius 1 is 1.00 bits per heavy atom. The van der Waals surface area contributed by atoms with E-state index in [0.29, 0.717) is 49.5 Å². The number of ketones is 1. The molecule has 1 aliphatic rings. The smallest absolute Gasteiger partial charge is 0.196 e. The summed E-state index contributed by atoms with van der Waals surface area (Å²) in [4.78, 5) is 26.6. The lowest BCUT2D eigenvalue weighted by atomic mass is 9.68. The molecule has 0 aliphatic heterocycles. The Morgan fingerprint density at radius 2 is 1.68 bits per heavy atom. The average Bonchev–Trinajstić information content (AvgIpc) is 2.76. The first-order valence-corrected chi connectivity index (χ1v) is 10.9. The van der Waals surface area contributed by atoms with E-state index in [9.17, 15) is 14.7 Å². The fraction of sp³-hybridized carbons (Fsp3) is 0.440. The van der Waals surface area contributed by atoms with E-state index in [1.54, 1.807) is 25.1 Å². The minimum absolute atomic E-state index is 0.0859. The molecule has 0 amide bonds. The number of hydrogen-bond donors (Lipinski definition) is 1. The van der Waals surface area contributed by atoms with Gasteiger partial charge in [-0.15, -0.1) is 0 Å². The third-order valence-electron chi connectivity index (χ3n) is 6.01. The molecule has 166 valence electrons. The van der Waals surface area contributed by atoms with E-state index in [1.165, 1.54) is 6.07 Å². The highest BCUT2D eigenvalue weighted by Gasteiger charge is 2.48. The number of Topliss-reactive ketones (excluding diaryl/α,β-unsaturated/α-hetero) is 1. The lowest BCUT2D eigenvalue weighted by Gasteiger charge is -2.35. The summed E-state index contributed by atoms with van der Waals surface area (Å²) in [6.07, 6.45) is 1.25. The normalized spacial score (nSPS) is 15.1. The van der Waals surface area contributed by atoms with Gasteiger partial charge in [0.15, 0.2) is 22.7 Å². The van der Waals surface area contributed by atoms with Crippen molar-refractivity contribution in [3.63, 3.8) is 0 Å². The number of para-hydroxylation sites is 1. The van der Waals surface area contributed by atoms with Gasteiger partial charge in [-0.2, -0.15) is 0 Å². The number of carbonyl (C=O) groups is 1. The van der Waals surface area contributed by atoms with Gasteiger partial charge >= 0.3 is 0 Å². The van der Waals surface area contributed by atoms with Gasteiger partial charge in [-0.1, -0.05) is 26.8 Å². The molecule has 6 nitrogen and oxygen atoms in total. The molecule has 1 aliphatic carbocycles. The van der Waals surface area contributed by atoms with Crippen molar-refractivity contribution in [1.29, 1.82) is 0 Å². The summed E-state index contributed by atoms with van der Waals surface area (Å²) in [6, 6.07) is 6.73. The molecular formula is C25H30O6. The van der Waals surface area contributed by atoms with Crippen molar-refractivity contribution in [3.8, 4) is 22.8 Å². The third kappa shape index (κ3) is 3.54. The Hall–Kier alpha value is -3.02. The summed E-state index contributed by atoms with van der Waals surface area (Å²) in [6.45, 7) is 10.2. The fourth-order valence-electron chi connectivity index (χ4n) is 4.33. The Bertz CT molecular complexity index is 1070. The summed E-state index contributed by atoms with van der Waals surface area (Å²) in [5.74, 6) is 1.08. The maximum Gasteiger partial charge on any atom is 0.196 e. The van der Waals surface area contributed by atoms with Gasteiger partial charge < -0.3 is 19.0 Å². The molecule has 0 bridgehead atoms. The SMILES string of the molecule is CCOc1cccc(-c2cc(=O)c3c(o2)C(CC)(CC)C(=O)C(CC)=C3O)c1OCC. The Labute approximate surface area is 182 Å². The van der Waals surface area contributed by atoms with Gasteiger partial charge in [-0.25, -0.2) is 0 Å². The van der Waals surface area contributed by atoms with Gasteiger partial charge in [-0.3, -0.25) is 9.59 Å². The van der Waals surface area contributed by atoms with Gasteiger partial charge in [0, 0.05) is 11.6 Å². The molecule has 2 aromatic rings. The predicted octanol–water partition coefficient (Wildman–Crippen LogP) is 5.42.